The molecular formula is C27H32N2O5. The molecule has 34 heavy (non-hydrogen) atoms. The smallest absolute Gasteiger partial charge is 0.203 e. The first-order valence-electron chi connectivity index (χ1n) is 11.5. The fourth-order valence-electron chi connectivity index (χ4n) is 4.56. The average molecular weight is 465 g/mol. The van der Waals surface area contributed by atoms with Gasteiger partial charge in [0.15, 0.2) is 17.3 Å². The standard InChI is InChI=1S/C27H32N2O5/c1-31-24-8-6-5-7-22(24)29-15-13-28(14-16-29)12-11-23(30)19-9-10-21-20(17-19)18-25(32-2)27(34-4)26(21)33-3/h5-10,17-18H,11-16H2,1-4H3. The highest BCUT2D eigenvalue weighted by molar-refractivity contribution is 6.02. The molecule has 4 rings (SSSR count). The van der Waals surface area contributed by atoms with Crippen LogP contribution >= 0.6 is 0 Å². The van der Waals surface area contributed by atoms with E-state index < -0.39 is 0 Å². The van der Waals surface area contributed by atoms with Crippen molar-refractivity contribution in [2.24, 2.45) is 0 Å². The Labute approximate surface area is 200 Å². The van der Waals surface area contributed by atoms with Crippen LogP contribution in [-0.2, 0) is 0 Å². The summed E-state index contributed by atoms with van der Waals surface area (Å²) in [5.41, 5.74) is 1.81. The van der Waals surface area contributed by atoms with Crippen LogP contribution < -0.4 is 23.8 Å². The van der Waals surface area contributed by atoms with E-state index in [0.717, 1.165) is 54.9 Å². The lowest BCUT2D eigenvalue weighted by Crippen LogP contribution is -2.47. The van der Waals surface area contributed by atoms with Crippen molar-refractivity contribution in [3.05, 3.63) is 54.1 Å². The summed E-state index contributed by atoms with van der Waals surface area (Å²) in [6.07, 6.45) is 0.477. The van der Waals surface area contributed by atoms with Gasteiger partial charge in [0.2, 0.25) is 5.75 Å². The van der Waals surface area contributed by atoms with Crippen LogP contribution in [0, 0.1) is 0 Å². The van der Waals surface area contributed by atoms with E-state index in [-0.39, 0.29) is 5.78 Å². The van der Waals surface area contributed by atoms with Gasteiger partial charge in [0, 0.05) is 50.1 Å². The van der Waals surface area contributed by atoms with E-state index in [2.05, 4.69) is 15.9 Å². The van der Waals surface area contributed by atoms with Crippen LogP contribution in [-0.4, -0.2) is 71.8 Å². The van der Waals surface area contributed by atoms with Gasteiger partial charge in [-0.3, -0.25) is 9.69 Å². The summed E-state index contributed by atoms with van der Waals surface area (Å²) in [4.78, 5) is 17.7. The first-order valence-corrected chi connectivity index (χ1v) is 11.5. The van der Waals surface area contributed by atoms with Gasteiger partial charge in [0.05, 0.1) is 34.1 Å². The molecule has 1 fully saturated rings. The number of piperazine rings is 1. The Balaban J connectivity index is 1.40. The second-order valence-corrected chi connectivity index (χ2v) is 8.25. The molecule has 0 atom stereocenters. The van der Waals surface area contributed by atoms with Gasteiger partial charge in [-0.05, 0) is 35.7 Å². The van der Waals surface area contributed by atoms with Crippen molar-refractivity contribution in [1.82, 2.24) is 4.90 Å². The number of nitrogens with zero attached hydrogens (tertiary/aromatic N) is 2. The number of rotatable bonds is 9. The van der Waals surface area contributed by atoms with Crippen molar-refractivity contribution in [3.63, 3.8) is 0 Å². The number of anilines is 1. The molecule has 1 heterocycles. The van der Waals surface area contributed by atoms with E-state index in [4.69, 9.17) is 18.9 Å². The predicted molar refractivity (Wildman–Crippen MR) is 134 cm³/mol. The number of carbonyl (C=O) groups excluding carboxylic acids is 1. The third-order valence-electron chi connectivity index (χ3n) is 6.42. The molecular weight excluding hydrogens is 432 g/mol. The van der Waals surface area contributed by atoms with Crippen molar-refractivity contribution in [1.29, 1.82) is 0 Å². The van der Waals surface area contributed by atoms with Crippen LogP contribution in [0.4, 0.5) is 5.69 Å². The van der Waals surface area contributed by atoms with E-state index in [1.807, 2.05) is 42.5 Å². The second kappa shape index (κ2) is 10.7. The number of ketones is 1. The number of hydrogen-bond acceptors (Lipinski definition) is 7. The molecule has 0 aliphatic carbocycles. The maximum absolute atomic E-state index is 13.0. The summed E-state index contributed by atoms with van der Waals surface area (Å²) >= 11 is 0. The quantitative estimate of drug-likeness (QED) is 0.438. The molecule has 0 radical (unpaired) electrons. The molecule has 180 valence electrons. The molecule has 1 saturated heterocycles. The van der Waals surface area contributed by atoms with E-state index in [1.165, 1.54) is 0 Å². The van der Waals surface area contributed by atoms with Gasteiger partial charge in [-0.15, -0.1) is 0 Å². The fraction of sp³-hybridized carbons (Fsp3) is 0.370. The van der Waals surface area contributed by atoms with Gasteiger partial charge in [-0.2, -0.15) is 0 Å². The van der Waals surface area contributed by atoms with Gasteiger partial charge < -0.3 is 23.8 Å². The van der Waals surface area contributed by atoms with Crippen LogP contribution in [0.3, 0.4) is 0 Å². The van der Waals surface area contributed by atoms with Crippen molar-refractivity contribution >= 4 is 22.2 Å². The molecule has 0 unspecified atom stereocenters. The number of Topliss-reactive ketones (excluding diaryl/α,β-unsaturated/α-hetero) is 1. The zero-order valence-corrected chi connectivity index (χ0v) is 20.3. The first kappa shape index (κ1) is 23.7. The molecule has 1 aliphatic rings. The number of methoxy groups -OCH3 is 4. The molecule has 7 nitrogen and oxygen atoms in total. The molecule has 3 aromatic rings. The van der Waals surface area contributed by atoms with Crippen molar-refractivity contribution in [3.8, 4) is 23.0 Å². The molecule has 0 aromatic heterocycles. The summed E-state index contributed by atoms with van der Waals surface area (Å²) in [6.45, 7) is 4.39. The van der Waals surface area contributed by atoms with Crippen molar-refractivity contribution in [2.45, 2.75) is 6.42 Å². The van der Waals surface area contributed by atoms with Gasteiger partial charge in [-0.25, -0.2) is 0 Å². The van der Waals surface area contributed by atoms with Gasteiger partial charge in [0.25, 0.3) is 0 Å². The highest BCUT2D eigenvalue weighted by Crippen LogP contribution is 2.43. The summed E-state index contributed by atoms with van der Waals surface area (Å²) in [6, 6.07) is 15.7. The minimum Gasteiger partial charge on any atom is -0.495 e. The molecule has 3 aromatic carbocycles. The van der Waals surface area contributed by atoms with E-state index in [1.54, 1.807) is 28.4 Å². The number of hydrogen-bond donors (Lipinski definition) is 0. The third-order valence-corrected chi connectivity index (χ3v) is 6.42. The zero-order chi connectivity index (χ0) is 24.1. The number of fused-ring (bicyclic) bond motifs is 1. The highest BCUT2D eigenvalue weighted by Gasteiger charge is 2.21. The Bertz CT molecular complexity index is 1160. The van der Waals surface area contributed by atoms with Crippen LogP contribution in [0.25, 0.3) is 10.8 Å². The Morgan fingerprint density at radius 3 is 2.18 bits per heavy atom. The summed E-state index contributed by atoms with van der Waals surface area (Å²) in [7, 11) is 6.48. The largest absolute Gasteiger partial charge is 0.495 e. The lowest BCUT2D eigenvalue weighted by atomic mass is 10.0. The monoisotopic (exact) mass is 464 g/mol. The Hall–Kier alpha value is -3.45. The number of para-hydroxylation sites is 2. The maximum atomic E-state index is 13.0. The predicted octanol–water partition coefficient (Wildman–Crippen LogP) is 4.27. The molecule has 0 N–H and O–H groups in total. The van der Waals surface area contributed by atoms with E-state index in [0.29, 0.717) is 29.2 Å². The summed E-state index contributed by atoms with van der Waals surface area (Å²) in [5, 5.41) is 1.76. The van der Waals surface area contributed by atoms with E-state index in [9.17, 15) is 4.79 Å². The lowest BCUT2D eigenvalue weighted by Gasteiger charge is -2.36. The topological polar surface area (TPSA) is 60.5 Å². The second-order valence-electron chi connectivity index (χ2n) is 8.25. The van der Waals surface area contributed by atoms with Crippen molar-refractivity contribution < 1.29 is 23.7 Å². The number of benzene rings is 3. The van der Waals surface area contributed by atoms with Gasteiger partial charge in [0.1, 0.15) is 5.75 Å². The fourth-order valence-corrected chi connectivity index (χ4v) is 4.56. The van der Waals surface area contributed by atoms with Gasteiger partial charge in [-0.1, -0.05) is 18.2 Å². The van der Waals surface area contributed by atoms with Crippen molar-refractivity contribution in [2.75, 3.05) is 66.1 Å². The highest BCUT2D eigenvalue weighted by atomic mass is 16.5. The Kier molecular flexibility index (Phi) is 7.43. The molecule has 0 amide bonds. The molecule has 0 saturated carbocycles. The third kappa shape index (κ3) is 4.75. The lowest BCUT2D eigenvalue weighted by molar-refractivity contribution is 0.0962. The number of ether oxygens (including phenoxy) is 4. The summed E-state index contributed by atoms with van der Waals surface area (Å²) < 4.78 is 22.0. The van der Waals surface area contributed by atoms with Crippen LogP contribution in [0.1, 0.15) is 16.8 Å². The molecule has 7 heteroatoms. The van der Waals surface area contributed by atoms with Crippen LogP contribution in [0.2, 0.25) is 0 Å². The first-order chi connectivity index (χ1) is 16.6. The Morgan fingerprint density at radius 1 is 0.794 bits per heavy atom. The van der Waals surface area contributed by atoms with Gasteiger partial charge >= 0.3 is 0 Å². The van der Waals surface area contributed by atoms with E-state index >= 15 is 0 Å². The number of carbonyl (C=O) groups is 1. The minimum absolute atomic E-state index is 0.128. The van der Waals surface area contributed by atoms with Crippen LogP contribution in [0.5, 0.6) is 23.0 Å². The minimum atomic E-state index is 0.128. The normalized spacial score (nSPS) is 14.2. The molecule has 1 aliphatic heterocycles. The Morgan fingerprint density at radius 2 is 1.50 bits per heavy atom. The molecule has 0 spiro atoms. The summed E-state index contributed by atoms with van der Waals surface area (Å²) in [5.74, 6) is 2.74. The maximum Gasteiger partial charge on any atom is 0.203 e. The zero-order valence-electron chi connectivity index (χ0n) is 20.3. The average Bonchev–Trinajstić information content (AvgIpc) is 2.90. The molecule has 0 bridgehead atoms. The van der Waals surface area contributed by atoms with Crippen LogP contribution in [0.15, 0.2) is 48.5 Å². The SMILES string of the molecule is COc1ccccc1N1CCN(CCC(=O)c2ccc3c(OC)c(OC)c(OC)cc3c2)CC1.